The summed E-state index contributed by atoms with van der Waals surface area (Å²) in [6.45, 7) is 3.69. The van der Waals surface area contributed by atoms with Crippen molar-refractivity contribution in [1.29, 1.82) is 0 Å². The van der Waals surface area contributed by atoms with Crippen LogP contribution < -0.4 is 5.32 Å². The molecule has 0 fully saturated rings. The first-order chi connectivity index (χ1) is 9.88. The van der Waals surface area contributed by atoms with E-state index in [0.717, 1.165) is 11.4 Å². The molecule has 7 nitrogen and oxygen atoms in total. The fraction of sp³-hybridized carbons (Fsp3) is 0.231. The number of aryl methyl sites for hydroxylation is 2. The molecule has 0 aliphatic rings. The summed E-state index contributed by atoms with van der Waals surface area (Å²) in [4.78, 5) is 22.2. The van der Waals surface area contributed by atoms with Crippen LogP contribution in [0.5, 0.6) is 0 Å². The lowest BCUT2D eigenvalue weighted by Crippen LogP contribution is -2.20. The second kappa shape index (κ2) is 5.92. The molecule has 0 saturated carbocycles. The zero-order valence-corrected chi connectivity index (χ0v) is 12.2. The number of carbonyl (C=O) groups is 1. The average molecular weight is 309 g/mol. The Morgan fingerprint density at radius 3 is 2.76 bits per heavy atom. The molecule has 1 aromatic carbocycles. The SMILES string of the molecule is Cc1cc(C)n(CC(=O)Nc2cccc([N+](=O)[O-])c2Cl)n1. The molecule has 0 spiro atoms. The van der Waals surface area contributed by atoms with Crippen LogP contribution in [0.1, 0.15) is 11.4 Å². The molecule has 0 unspecified atom stereocenters. The highest BCUT2D eigenvalue weighted by molar-refractivity contribution is 6.35. The topological polar surface area (TPSA) is 90.1 Å². The van der Waals surface area contributed by atoms with E-state index in [1.54, 1.807) is 4.68 Å². The van der Waals surface area contributed by atoms with E-state index in [2.05, 4.69) is 10.4 Å². The predicted octanol–water partition coefficient (Wildman–Crippen LogP) is 2.70. The van der Waals surface area contributed by atoms with Crippen LogP contribution in [-0.2, 0) is 11.3 Å². The normalized spacial score (nSPS) is 10.4. The van der Waals surface area contributed by atoms with E-state index in [-0.39, 0.29) is 28.8 Å². The summed E-state index contributed by atoms with van der Waals surface area (Å²) in [5.74, 6) is -0.358. The number of nitro groups is 1. The van der Waals surface area contributed by atoms with E-state index in [1.807, 2.05) is 19.9 Å². The quantitative estimate of drug-likeness (QED) is 0.694. The Bertz CT molecular complexity index is 711. The first-order valence-electron chi connectivity index (χ1n) is 6.12. The number of nitrogens with zero attached hydrogens (tertiary/aromatic N) is 3. The molecule has 0 saturated heterocycles. The second-order valence-electron chi connectivity index (χ2n) is 4.53. The van der Waals surface area contributed by atoms with E-state index in [9.17, 15) is 14.9 Å². The van der Waals surface area contributed by atoms with Crippen molar-refractivity contribution in [3.8, 4) is 0 Å². The highest BCUT2D eigenvalue weighted by Gasteiger charge is 2.17. The fourth-order valence-electron chi connectivity index (χ4n) is 1.92. The molecular weight excluding hydrogens is 296 g/mol. The summed E-state index contributed by atoms with van der Waals surface area (Å²) in [6, 6.07) is 6.10. The molecule has 0 radical (unpaired) electrons. The van der Waals surface area contributed by atoms with Gasteiger partial charge < -0.3 is 5.32 Å². The maximum atomic E-state index is 12.0. The van der Waals surface area contributed by atoms with Gasteiger partial charge in [-0.3, -0.25) is 19.6 Å². The van der Waals surface area contributed by atoms with Gasteiger partial charge in [-0.25, -0.2) is 0 Å². The Morgan fingerprint density at radius 2 is 2.19 bits per heavy atom. The molecule has 1 heterocycles. The molecule has 2 rings (SSSR count). The molecule has 0 atom stereocenters. The number of benzene rings is 1. The van der Waals surface area contributed by atoms with Gasteiger partial charge in [0.25, 0.3) is 5.69 Å². The van der Waals surface area contributed by atoms with E-state index < -0.39 is 4.92 Å². The predicted molar refractivity (Wildman–Crippen MR) is 78.4 cm³/mol. The van der Waals surface area contributed by atoms with Gasteiger partial charge in [0.05, 0.1) is 16.3 Å². The van der Waals surface area contributed by atoms with Gasteiger partial charge in [0.15, 0.2) is 0 Å². The number of nitro benzene ring substituents is 1. The number of amides is 1. The van der Waals surface area contributed by atoms with Crippen LogP contribution in [0.4, 0.5) is 11.4 Å². The minimum atomic E-state index is -0.598. The number of hydrogen-bond donors (Lipinski definition) is 1. The Balaban J connectivity index is 2.15. The van der Waals surface area contributed by atoms with E-state index in [1.165, 1.54) is 18.2 Å². The number of halogens is 1. The highest BCUT2D eigenvalue weighted by Crippen LogP contribution is 2.31. The Kier molecular flexibility index (Phi) is 4.23. The maximum absolute atomic E-state index is 12.0. The van der Waals surface area contributed by atoms with Crippen molar-refractivity contribution in [3.63, 3.8) is 0 Å². The Hall–Kier alpha value is -2.41. The Labute approximate surface area is 125 Å². The minimum absolute atomic E-state index is 0.0126. The largest absolute Gasteiger partial charge is 0.323 e. The standard InChI is InChI=1S/C13H13ClN4O3/c1-8-6-9(2)17(16-8)7-12(19)15-10-4-3-5-11(13(10)14)18(20)21/h3-6H,7H2,1-2H3,(H,15,19). The summed E-state index contributed by atoms with van der Waals surface area (Å²) < 4.78 is 1.55. The van der Waals surface area contributed by atoms with Gasteiger partial charge in [-0.05, 0) is 26.0 Å². The molecule has 110 valence electrons. The van der Waals surface area contributed by atoms with Crippen molar-refractivity contribution in [2.75, 3.05) is 5.32 Å². The molecule has 8 heteroatoms. The van der Waals surface area contributed by atoms with E-state index in [4.69, 9.17) is 11.6 Å². The molecule has 1 aromatic heterocycles. The van der Waals surface area contributed by atoms with Gasteiger partial charge in [0.1, 0.15) is 11.6 Å². The molecule has 0 bridgehead atoms. The summed E-state index contributed by atoms with van der Waals surface area (Å²) in [7, 11) is 0. The molecule has 1 amide bonds. The maximum Gasteiger partial charge on any atom is 0.290 e. The summed E-state index contributed by atoms with van der Waals surface area (Å²) in [5, 5.41) is 17.4. The molecule has 0 aliphatic carbocycles. The number of anilines is 1. The zero-order chi connectivity index (χ0) is 15.6. The highest BCUT2D eigenvalue weighted by atomic mass is 35.5. The van der Waals surface area contributed by atoms with Gasteiger partial charge in [-0.2, -0.15) is 5.10 Å². The third-order valence-electron chi connectivity index (χ3n) is 2.85. The van der Waals surface area contributed by atoms with E-state index in [0.29, 0.717) is 0 Å². The van der Waals surface area contributed by atoms with Crippen molar-refractivity contribution in [2.45, 2.75) is 20.4 Å². The second-order valence-corrected chi connectivity index (χ2v) is 4.91. The van der Waals surface area contributed by atoms with Gasteiger partial charge in [0, 0.05) is 11.8 Å². The van der Waals surface area contributed by atoms with Crippen molar-refractivity contribution in [3.05, 3.63) is 50.8 Å². The number of rotatable bonds is 4. The van der Waals surface area contributed by atoms with Crippen molar-refractivity contribution in [1.82, 2.24) is 9.78 Å². The van der Waals surface area contributed by atoms with Crippen LogP contribution in [0.2, 0.25) is 5.02 Å². The lowest BCUT2D eigenvalue weighted by molar-refractivity contribution is -0.384. The first kappa shape index (κ1) is 15.0. The molecule has 1 N–H and O–H groups in total. The third kappa shape index (κ3) is 3.38. The van der Waals surface area contributed by atoms with Gasteiger partial charge >= 0.3 is 0 Å². The van der Waals surface area contributed by atoms with Crippen molar-refractivity contribution in [2.24, 2.45) is 0 Å². The number of hydrogen-bond acceptors (Lipinski definition) is 4. The number of nitrogens with one attached hydrogen (secondary N) is 1. The van der Waals surface area contributed by atoms with Crippen molar-refractivity contribution < 1.29 is 9.72 Å². The fourth-order valence-corrected chi connectivity index (χ4v) is 2.16. The zero-order valence-electron chi connectivity index (χ0n) is 11.5. The van der Waals surface area contributed by atoms with Crippen LogP contribution in [-0.4, -0.2) is 20.6 Å². The molecule has 0 aliphatic heterocycles. The van der Waals surface area contributed by atoms with Crippen LogP contribution in [0.25, 0.3) is 0 Å². The monoisotopic (exact) mass is 308 g/mol. The van der Waals surface area contributed by atoms with Crippen LogP contribution in [0, 0.1) is 24.0 Å². The van der Waals surface area contributed by atoms with E-state index >= 15 is 0 Å². The minimum Gasteiger partial charge on any atom is -0.323 e. The van der Waals surface area contributed by atoms with Gasteiger partial charge in [-0.1, -0.05) is 17.7 Å². The van der Waals surface area contributed by atoms with Crippen LogP contribution in [0.3, 0.4) is 0 Å². The van der Waals surface area contributed by atoms with Crippen LogP contribution >= 0.6 is 11.6 Å². The lowest BCUT2D eigenvalue weighted by atomic mass is 10.2. The van der Waals surface area contributed by atoms with Gasteiger partial charge in [0.2, 0.25) is 5.91 Å². The van der Waals surface area contributed by atoms with Crippen molar-refractivity contribution >= 4 is 28.9 Å². The number of aromatic nitrogens is 2. The molecular formula is C13H13ClN4O3. The molecule has 21 heavy (non-hydrogen) atoms. The third-order valence-corrected chi connectivity index (χ3v) is 3.24. The molecule has 2 aromatic rings. The summed E-state index contributed by atoms with van der Waals surface area (Å²) in [6.07, 6.45) is 0. The van der Waals surface area contributed by atoms with Crippen LogP contribution in [0.15, 0.2) is 24.3 Å². The summed E-state index contributed by atoms with van der Waals surface area (Å²) >= 11 is 5.91. The van der Waals surface area contributed by atoms with Gasteiger partial charge in [-0.15, -0.1) is 0 Å². The first-order valence-corrected chi connectivity index (χ1v) is 6.50. The summed E-state index contributed by atoms with van der Waals surface area (Å²) in [5.41, 5.74) is 1.62. The number of carbonyl (C=O) groups excluding carboxylic acids is 1. The smallest absolute Gasteiger partial charge is 0.290 e. The lowest BCUT2D eigenvalue weighted by Gasteiger charge is -2.08. The Morgan fingerprint density at radius 1 is 1.48 bits per heavy atom. The average Bonchev–Trinajstić information content (AvgIpc) is 2.70.